The van der Waals surface area contributed by atoms with Crippen LogP contribution in [0.1, 0.15) is 30.0 Å². The van der Waals surface area contributed by atoms with Crippen LogP contribution in [0.5, 0.6) is 0 Å². The van der Waals surface area contributed by atoms with Crippen molar-refractivity contribution in [2.75, 3.05) is 13.1 Å². The van der Waals surface area contributed by atoms with Gasteiger partial charge in [-0.25, -0.2) is 0 Å². The fourth-order valence-corrected chi connectivity index (χ4v) is 2.32. The van der Waals surface area contributed by atoms with Crippen molar-refractivity contribution in [1.29, 1.82) is 0 Å². The quantitative estimate of drug-likeness (QED) is 0.739. The van der Waals surface area contributed by atoms with Gasteiger partial charge < -0.3 is 10.4 Å². The van der Waals surface area contributed by atoms with Crippen LogP contribution >= 0.6 is 0 Å². The van der Waals surface area contributed by atoms with Gasteiger partial charge >= 0.3 is 0 Å². The molecular formula is C14H21NO. The number of hydrogen-bond acceptors (Lipinski definition) is 2. The second-order valence-electron chi connectivity index (χ2n) is 4.76. The highest BCUT2D eigenvalue weighted by Crippen LogP contribution is 2.22. The molecule has 0 heterocycles. The molecule has 1 unspecified atom stereocenters. The van der Waals surface area contributed by atoms with E-state index in [1.807, 2.05) is 6.92 Å². The van der Waals surface area contributed by atoms with E-state index in [2.05, 4.69) is 23.5 Å². The lowest BCUT2D eigenvalue weighted by molar-refractivity contribution is 0.191. The van der Waals surface area contributed by atoms with Crippen molar-refractivity contribution in [3.8, 4) is 0 Å². The first-order valence-corrected chi connectivity index (χ1v) is 6.25. The number of hydrogen-bond donors (Lipinski definition) is 2. The maximum atomic E-state index is 9.11. The summed E-state index contributed by atoms with van der Waals surface area (Å²) >= 11 is 0. The molecule has 1 aliphatic carbocycles. The summed E-state index contributed by atoms with van der Waals surface area (Å²) in [5, 5.41) is 12.4. The lowest BCUT2D eigenvalue weighted by Crippen LogP contribution is -2.26. The monoisotopic (exact) mass is 219 g/mol. The van der Waals surface area contributed by atoms with E-state index >= 15 is 0 Å². The number of nitrogens with one attached hydrogen (secondary N) is 1. The minimum atomic E-state index is -0.250. The smallest absolute Gasteiger partial charge is 0.0636 e. The molecule has 2 nitrogen and oxygen atoms in total. The van der Waals surface area contributed by atoms with Crippen LogP contribution < -0.4 is 5.32 Å². The summed E-state index contributed by atoms with van der Waals surface area (Å²) in [6, 6.07) is 6.88. The molecule has 0 bridgehead atoms. The Morgan fingerprint density at radius 2 is 2.12 bits per heavy atom. The molecule has 1 aromatic carbocycles. The van der Waals surface area contributed by atoms with Crippen molar-refractivity contribution >= 4 is 0 Å². The van der Waals surface area contributed by atoms with Crippen LogP contribution in [0.4, 0.5) is 0 Å². The Kier molecular flexibility index (Phi) is 3.97. The molecular weight excluding hydrogens is 198 g/mol. The van der Waals surface area contributed by atoms with Crippen molar-refractivity contribution < 1.29 is 5.11 Å². The van der Waals surface area contributed by atoms with Crippen molar-refractivity contribution in [2.24, 2.45) is 0 Å². The summed E-state index contributed by atoms with van der Waals surface area (Å²) in [6.07, 6.45) is 4.64. The topological polar surface area (TPSA) is 32.3 Å². The van der Waals surface area contributed by atoms with Gasteiger partial charge in [-0.2, -0.15) is 0 Å². The molecule has 2 rings (SSSR count). The highest BCUT2D eigenvalue weighted by Gasteiger charge is 2.10. The van der Waals surface area contributed by atoms with Crippen molar-refractivity contribution in [3.63, 3.8) is 0 Å². The molecule has 1 aliphatic rings. The number of aliphatic hydroxyl groups excluding tert-OH is 1. The van der Waals surface area contributed by atoms with E-state index in [9.17, 15) is 0 Å². The van der Waals surface area contributed by atoms with E-state index < -0.39 is 0 Å². The van der Waals surface area contributed by atoms with E-state index in [1.54, 1.807) is 11.1 Å². The third kappa shape index (κ3) is 3.06. The summed E-state index contributed by atoms with van der Waals surface area (Å²) in [5.74, 6) is 0. The summed E-state index contributed by atoms with van der Waals surface area (Å²) in [7, 11) is 0. The van der Waals surface area contributed by atoms with Crippen molar-refractivity contribution in [2.45, 2.75) is 38.7 Å². The predicted molar refractivity (Wildman–Crippen MR) is 66.7 cm³/mol. The summed E-state index contributed by atoms with van der Waals surface area (Å²) in [5.41, 5.74) is 4.51. The minimum Gasteiger partial charge on any atom is -0.392 e. The fourth-order valence-electron chi connectivity index (χ4n) is 2.32. The SMILES string of the molecule is CC(O)CNCCc1ccc2c(c1)CCC2. The van der Waals surface area contributed by atoms with Gasteiger partial charge in [-0.1, -0.05) is 18.2 Å². The van der Waals surface area contributed by atoms with Crippen LogP contribution in [-0.4, -0.2) is 24.3 Å². The number of aliphatic hydroxyl groups is 1. The lowest BCUT2D eigenvalue weighted by Gasteiger charge is -2.08. The summed E-state index contributed by atoms with van der Waals surface area (Å²) in [6.45, 7) is 3.44. The molecule has 0 spiro atoms. The fraction of sp³-hybridized carbons (Fsp3) is 0.571. The van der Waals surface area contributed by atoms with Gasteiger partial charge in [-0.3, -0.25) is 0 Å². The Balaban J connectivity index is 1.81. The minimum absolute atomic E-state index is 0.250. The van der Waals surface area contributed by atoms with Crippen molar-refractivity contribution in [3.05, 3.63) is 34.9 Å². The molecule has 0 saturated heterocycles. The third-order valence-electron chi connectivity index (χ3n) is 3.19. The Hall–Kier alpha value is -0.860. The molecule has 1 aromatic rings. The van der Waals surface area contributed by atoms with Crippen LogP contribution in [0.25, 0.3) is 0 Å². The zero-order valence-corrected chi connectivity index (χ0v) is 10.00. The molecule has 16 heavy (non-hydrogen) atoms. The average molecular weight is 219 g/mol. The molecule has 0 amide bonds. The van der Waals surface area contributed by atoms with Gasteiger partial charge in [0, 0.05) is 6.54 Å². The van der Waals surface area contributed by atoms with Crippen LogP contribution in [0.2, 0.25) is 0 Å². The maximum absolute atomic E-state index is 9.11. The molecule has 0 radical (unpaired) electrons. The molecule has 0 aliphatic heterocycles. The van der Waals surface area contributed by atoms with Crippen LogP contribution in [-0.2, 0) is 19.3 Å². The Labute approximate surface area is 97.7 Å². The zero-order valence-electron chi connectivity index (χ0n) is 10.00. The van der Waals surface area contributed by atoms with Gasteiger partial charge in [-0.05, 0) is 55.8 Å². The van der Waals surface area contributed by atoms with Gasteiger partial charge in [0.1, 0.15) is 0 Å². The number of benzene rings is 1. The van der Waals surface area contributed by atoms with E-state index in [0.717, 1.165) is 13.0 Å². The molecule has 0 aromatic heterocycles. The standard InChI is InChI=1S/C14H21NO/c1-11(16)10-15-8-7-12-5-6-13-3-2-4-14(13)9-12/h5-6,9,11,15-16H,2-4,7-8,10H2,1H3. The predicted octanol–water partition coefficient (Wildman–Crippen LogP) is 1.69. The first-order valence-electron chi connectivity index (χ1n) is 6.25. The number of aryl methyl sites for hydroxylation is 2. The van der Waals surface area contributed by atoms with Crippen molar-refractivity contribution in [1.82, 2.24) is 5.32 Å². The largest absolute Gasteiger partial charge is 0.392 e. The highest BCUT2D eigenvalue weighted by atomic mass is 16.3. The van der Waals surface area contributed by atoms with Crippen LogP contribution in [0, 0.1) is 0 Å². The average Bonchev–Trinajstić information content (AvgIpc) is 2.71. The Bertz CT molecular complexity index is 347. The molecule has 88 valence electrons. The molecule has 0 fully saturated rings. The molecule has 2 N–H and O–H groups in total. The molecule has 1 atom stereocenters. The van der Waals surface area contributed by atoms with E-state index in [1.165, 1.54) is 24.8 Å². The van der Waals surface area contributed by atoms with Crippen LogP contribution in [0.15, 0.2) is 18.2 Å². The van der Waals surface area contributed by atoms with Gasteiger partial charge in [0.05, 0.1) is 6.10 Å². The maximum Gasteiger partial charge on any atom is 0.0636 e. The van der Waals surface area contributed by atoms with Crippen LogP contribution in [0.3, 0.4) is 0 Å². The molecule has 0 saturated carbocycles. The van der Waals surface area contributed by atoms with E-state index in [-0.39, 0.29) is 6.10 Å². The van der Waals surface area contributed by atoms with Gasteiger partial charge in [-0.15, -0.1) is 0 Å². The Morgan fingerprint density at radius 1 is 1.31 bits per heavy atom. The highest BCUT2D eigenvalue weighted by molar-refractivity contribution is 5.35. The Morgan fingerprint density at radius 3 is 2.94 bits per heavy atom. The first-order chi connectivity index (χ1) is 7.75. The number of fused-ring (bicyclic) bond motifs is 1. The van der Waals surface area contributed by atoms with Gasteiger partial charge in [0.2, 0.25) is 0 Å². The second kappa shape index (κ2) is 5.46. The first kappa shape index (κ1) is 11.6. The van der Waals surface area contributed by atoms with E-state index in [4.69, 9.17) is 5.11 Å². The third-order valence-corrected chi connectivity index (χ3v) is 3.19. The zero-order chi connectivity index (χ0) is 11.4. The normalized spacial score (nSPS) is 16.1. The summed E-state index contributed by atoms with van der Waals surface area (Å²) in [4.78, 5) is 0. The van der Waals surface area contributed by atoms with E-state index in [0.29, 0.717) is 6.54 Å². The molecule has 2 heteroatoms. The summed E-state index contributed by atoms with van der Waals surface area (Å²) < 4.78 is 0. The number of rotatable bonds is 5. The van der Waals surface area contributed by atoms with Gasteiger partial charge in [0.15, 0.2) is 0 Å². The lowest BCUT2D eigenvalue weighted by atomic mass is 10.0. The second-order valence-corrected chi connectivity index (χ2v) is 4.76. The van der Waals surface area contributed by atoms with Gasteiger partial charge in [0.25, 0.3) is 0 Å².